The van der Waals surface area contributed by atoms with Crippen LogP contribution >= 0.6 is 15.9 Å². The third kappa shape index (κ3) is 14.1. The van der Waals surface area contributed by atoms with Crippen LogP contribution in [0.3, 0.4) is 0 Å². The Balaban J connectivity index is 3.64. The summed E-state index contributed by atoms with van der Waals surface area (Å²) in [6, 6.07) is 0.930. The molecule has 0 aliphatic carbocycles. The predicted molar refractivity (Wildman–Crippen MR) is 123 cm³/mol. The zero-order chi connectivity index (χ0) is 21.3. The summed E-state index contributed by atoms with van der Waals surface area (Å²) in [5, 5.41) is 2.97. The first kappa shape index (κ1) is 28.0. The number of rotatable bonds is 19. The van der Waals surface area contributed by atoms with Crippen molar-refractivity contribution in [2.45, 2.75) is 103 Å². The molecule has 1 amide bonds. The second-order valence-corrected chi connectivity index (χ2v) is 12.4. The Kier molecular flexibility index (Phi) is 16.8. The summed E-state index contributed by atoms with van der Waals surface area (Å²) < 4.78 is 17.2. The highest BCUT2D eigenvalue weighted by atomic mass is 79.9. The van der Waals surface area contributed by atoms with Crippen LogP contribution < -0.4 is 5.32 Å². The smallest absolute Gasteiger partial charge is 0.374 e. The molecule has 0 saturated carbocycles. The van der Waals surface area contributed by atoms with Gasteiger partial charge in [-0.3, -0.25) is 4.79 Å². The van der Waals surface area contributed by atoms with Gasteiger partial charge < -0.3 is 18.6 Å². The van der Waals surface area contributed by atoms with Gasteiger partial charge in [0, 0.05) is 32.4 Å². The molecule has 0 fully saturated rings. The van der Waals surface area contributed by atoms with Crippen LogP contribution in [0.15, 0.2) is 0 Å². The Morgan fingerprint density at radius 3 is 1.57 bits per heavy atom. The van der Waals surface area contributed by atoms with E-state index in [1.165, 1.54) is 44.9 Å². The van der Waals surface area contributed by atoms with Crippen LogP contribution in [0.5, 0.6) is 0 Å². The summed E-state index contributed by atoms with van der Waals surface area (Å²) in [5.74, 6) is 0.0672. The molecule has 168 valence electrons. The summed E-state index contributed by atoms with van der Waals surface area (Å²) in [4.78, 5) is 11.7. The molecule has 0 saturated heterocycles. The highest BCUT2D eigenvalue weighted by molar-refractivity contribution is 9.10. The average Bonchev–Trinajstić information content (AvgIpc) is 2.62. The maximum absolute atomic E-state index is 11.7. The molecule has 0 spiro atoms. The molecule has 0 aromatic carbocycles. The van der Waals surface area contributed by atoms with E-state index in [2.05, 4.69) is 21.2 Å². The van der Waals surface area contributed by atoms with E-state index in [1.807, 2.05) is 34.6 Å². The van der Waals surface area contributed by atoms with E-state index in [4.69, 9.17) is 13.3 Å². The molecule has 0 aliphatic rings. The van der Waals surface area contributed by atoms with Gasteiger partial charge >= 0.3 is 8.80 Å². The van der Waals surface area contributed by atoms with Gasteiger partial charge in [0.2, 0.25) is 5.91 Å². The number of hydrogen-bond donors (Lipinski definition) is 1. The fraction of sp³-hybridized carbons (Fsp3) is 0.952. The van der Waals surface area contributed by atoms with Gasteiger partial charge in [-0.1, -0.05) is 60.9 Å². The van der Waals surface area contributed by atoms with E-state index in [9.17, 15) is 4.79 Å². The van der Waals surface area contributed by atoms with Gasteiger partial charge in [0.05, 0.1) is 4.32 Å². The summed E-state index contributed by atoms with van der Waals surface area (Å²) >= 11 is 3.38. The number of carbonyl (C=O) groups excluding carboxylic acids is 1. The summed E-state index contributed by atoms with van der Waals surface area (Å²) in [7, 11) is -2.44. The van der Waals surface area contributed by atoms with Gasteiger partial charge in [0.15, 0.2) is 0 Å². The minimum absolute atomic E-state index is 0.0672. The van der Waals surface area contributed by atoms with Crippen molar-refractivity contribution < 1.29 is 18.1 Å². The average molecular weight is 483 g/mol. The number of nitrogens with one attached hydrogen (secondary N) is 1. The van der Waals surface area contributed by atoms with Crippen molar-refractivity contribution in [3.05, 3.63) is 0 Å². The van der Waals surface area contributed by atoms with Crippen LogP contribution in [0.2, 0.25) is 6.04 Å². The van der Waals surface area contributed by atoms with Gasteiger partial charge in [-0.15, -0.1) is 0 Å². The van der Waals surface area contributed by atoms with Crippen LogP contribution in [0.4, 0.5) is 0 Å². The van der Waals surface area contributed by atoms with Crippen LogP contribution in [-0.4, -0.2) is 45.4 Å². The standard InChI is InChI=1S/C21H44BrNO4Si/c1-6-25-28(26-7-2,27-8-3)19-17-15-13-11-9-10-12-14-16-18-23-20(24)21(4,5)22/h6-19H2,1-5H3,(H,23,24). The van der Waals surface area contributed by atoms with Gasteiger partial charge in [0.1, 0.15) is 0 Å². The van der Waals surface area contributed by atoms with E-state index >= 15 is 0 Å². The first-order valence-corrected chi connectivity index (χ1v) is 13.9. The SMILES string of the molecule is CCO[Si](CCCCCCCCCCCNC(=O)C(C)(C)Br)(OCC)OCC. The van der Waals surface area contributed by atoms with Gasteiger partial charge in [0.25, 0.3) is 0 Å². The lowest BCUT2D eigenvalue weighted by Crippen LogP contribution is -2.45. The number of halogens is 1. The molecule has 0 atom stereocenters. The number of carbonyl (C=O) groups is 1. The fourth-order valence-electron chi connectivity index (χ4n) is 3.12. The predicted octanol–water partition coefficient (Wildman–Crippen LogP) is 5.84. The Hall–Kier alpha value is 0.0469. The Bertz CT molecular complexity index is 374. The Morgan fingerprint density at radius 1 is 0.786 bits per heavy atom. The van der Waals surface area contributed by atoms with Crippen molar-refractivity contribution in [3.8, 4) is 0 Å². The third-order valence-electron chi connectivity index (χ3n) is 4.58. The quantitative estimate of drug-likeness (QED) is 0.143. The van der Waals surface area contributed by atoms with Gasteiger partial charge in [-0.05, 0) is 47.5 Å². The molecule has 0 radical (unpaired) electrons. The lowest BCUT2D eigenvalue weighted by molar-refractivity contribution is -0.122. The molecule has 0 aromatic rings. The lowest BCUT2D eigenvalue weighted by Gasteiger charge is -2.28. The zero-order valence-electron chi connectivity index (χ0n) is 18.9. The van der Waals surface area contributed by atoms with Gasteiger partial charge in [-0.25, -0.2) is 0 Å². The number of hydrogen-bond acceptors (Lipinski definition) is 4. The monoisotopic (exact) mass is 481 g/mol. The second-order valence-electron chi connectivity index (χ2n) is 7.64. The molecule has 7 heteroatoms. The van der Waals surface area contributed by atoms with Crippen LogP contribution in [0.25, 0.3) is 0 Å². The van der Waals surface area contributed by atoms with Crippen molar-refractivity contribution >= 4 is 30.6 Å². The minimum atomic E-state index is -2.44. The van der Waals surface area contributed by atoms with E-state index in [0.717, 1.165) is 25.4 Å². The van der Waals surface area contributed by atoms with Crippen LogP contribution in [0, 0.1) is 0 Å². The highest BCUT2D eigenvalue weighted by Gasteiger charge is 2.39. The summed E-state index contributed by atoms with van der Waals surface area (Å²) in [6.07, 6.45) is 11.0. The van der Waals surface area contributed by atoms with Crippen molar-refractivity contribution in [2.75, 3.05) is 26.4 Å². The Morgan fingerprint density at radius 2 is 1.18 bits per heavy atom. The molecule has 0 unspecified atom stereocenters. The van der Waals surface area contributed by atoms with Crippen molar-refractivity contribution in [1.29, 1.82) is 0 Å². The van der Waals surface area contributed by atoms with Crippen LogP contribution in [-0.2, 0) is 18.1 Å². The highest BCUT2D eigenvalue weighted by Crippen LogP contribution is 2.21. The number of alkyl halides is 1. The number of amides is 1. The Labute approximate surface area is 183 Å². The molecule has 0 bridgehead atoms. The fourth-order valence-corrected chi connectivity index (χ4v) is 5.94. The molecule has 0 heterocycles. The molecule has 28 heavy (non-hydrogen) atoms. The maximum Gasteiger partial charge on any atom is 0.500 e. The third-order valence-corrected chi connectivity index (χ3v) is 8.09. The summed E-state index contributed by atoms with van der Waals surface area (Å²) in [6.45, 7) is 12.5. The van der Waals surface area contributed by atoms with Crippen molar-refractivity contribution in [2.24, 2.45) is 0 Å². The largest absolute Gasteiger partial charge is 0.500 e. The summed E-state index contributed by atoms with van der Waals surface area (Å²) in [5.41, 5.74) is 0. The molecule has 0 rings (SSSR count). The van der Waals surface area contributed by atoms with E-state index < -0.39 is 13.1 Å². The second kappa shape index (κ2) is 16.8. The first-order valence-electron chi connectivity index (χ1n) is 11.2. The van der Waals surface area contributed by atoms with E-state index in [1.54, 1.807) is 0 Å². The molecule has 0 aromatic heterocycles. The van der Waals surface area contributed by atoms with Gasteiger partial charge in [-0.2, -0.15) is 0 Å². The van der Waals surface area contributed by atoms with Crippen molar-refractivity contribution in [3.63, 3.8) is 0 Å². The number of unbranched alkanes of at least 4 members (excludes halogenated alkanes) is 8. The topological polar surface area (TPSA) is 56.8 Å². The van der Waals surface area contributed by atoms with Crippen molar-refractivity contribution in [1.82, 2.24) is 5.32 Å². The molecular formula is C21H44BrNO4Si. The molecule has 5 nitrogen and oxygen atoms in total. The normalized spacial score (nSPS) is 12.4. The first-order chi connectivity index (χ1) is 13.3. The van der Waals surface area contributed by atoms with E-state index in [-0.39, 0.29) is 5.91 Å². The molecule has 0 aliphatic heterocycles. The molecule has 1 N–H and O–H groups in total. The minimum Gasteiger partial charge on any atom is -0.374 e. The maximum atomic E-state index is 11.7. The molecular weight excluding hydrogens is 438 g/mol. The zero-order valence-corrected chi connectivity index (χ0v) is 21.5. The lowest BCUT2D eigenvalue weighted by atomic mass is 10.1. The van der Waals surface area contributed by atoms with E-state index in [0.29, 0.717) is 19.8 Å². The van der Waals surface area contributed by atoms with Crippen LogP contribution in [0.1, 0.15) is 92.4 Å².